The van der Waals surface area contributed by atoms with Crippen LogP contribution in [0.25, 0.3) is 0 Å². The molecule has 3 aromatic rings. The van der Waals surface area contributed by atoms with Crippen LogP contribution in [0, 0.1) is 0 Å². The van der Waals surface area contributed by atoms with Crippen LogP contribution in [0.1, 0.15) is 31.1 Å². The van der Waals surface area contributed by atoms with E-state index in [9.17, 15) is 4.79 Å². The zero-order valence-electron chi connectivity index (χ0n) is 15.9. The predicted molar refractivity (Wildman–Crippen MR) is 119 cm³/mol. The smallest absolute Gasteiger partial charge is 0.291 e. The fourth-order valence-electron chi connectivity index (χ4n) is 3.13. The highest BCUT2D eigenvalue weighted by molar-refractivity contribution is 7.99. The second-order valence-corrected chi connectivity index (χ2v) is 8.70. The van der Waals surface area contributed by atoms with Gasteiger partial charge in [0.2, 0.25) is 0 Å². The number of imidazole rings is 1. The van der Waals surface area contributed by atoms with Gasteiger partial charge in [-0.05, 0) is 37.6 Å². The molecule has 0 spiro atoms. The van der Waals surface area contributed by atoms with Crippen LogP contribution in [-0.2, 0) is 13.0 Å². The van der Waals surface area contributed by atoms with Crippen molar-refractivity contribution in [2.45, 2.75) is 42.8 Å². The Morgan fingerprint density at radius 3 is 2.32 bits per heavy atom. The van der Waals surface area contributed by atoms with E-state index in [-0.39, 0.29) is 11.7 Å². The lowest BCUT2D eigenvalue weighted by atomic mass is 10.1. The van der Waals surface area contributed by atoms with E-state index in [0.717, 1.165) is 21.2 Å². The van der Waals surface area contributed by atoms with Crippen molar-refractivity contribution in [3.05, 3.63) is 93.0 Å². The second-order valence-electron chi connectivity index (χ2n) is 6.77. The number of hydrogen-bond donors (Lipinski definition) is 0. The third-order valence-electron chi connectivity index (χ3n) is 4.32. The Bertz CT molecular complexity index is 1020. The molecule has 0 saturated carbocycles. The van der Waals surface area contributed by atoms with Crippen molar-refractivity contribution < 1.29 is 0 Å². The van der Waals surface area contributed by atoms with E-state index in [0.29, 0.717) is 23.0 Å². The molecule has 0 N–H and O–H groups in total. The Morgan fingerprint density at radius 1 is 1.11 bits per heavy atom. The Labute approximate surface area is 179 Å². The molecule has 28 heavy (non-hydrogen) atoms. The monoisotopic (exact) mass is 432 g/mol. The molecule has 0 aliphatic heterocycles. The maximum Gasteiger partial charge on any atom is 0.329 e. The number of halogens is 2. The standard InChI is InChI=1S/C22H22Cl2N2OS/c1-4-10-25-20(11-16-8-6-5-7-9-16)21(26(15(2)3)22(25)27)28-19-13-17(23)12-18(24)14-19/h4-9,12-15H,1,10-11H2,2-3H3. The minimum Gasteiger partial charge on any atom is -0.291 e. The van der Waals surface area contributed by atoms with E-state index in [2.05, 4.69) is 18.7 Å². The topological polar surface area (TPSA) is 26.9 Å². The van der Waals surface area contributed by atoms with Crippen molar-refractivity contribution in [2.24, 2.45) is 0 Å². The average Bonchev–Trinajstić information content (AvgIpc) is 2.87. The fraction of sp³-hybridized carbons (Fsp3) is 0.227. The first-order chi connectivity index (χ1) is 13.4. The van der Waals surface area contributed by atoms with Gasteiger partial charge in [-0.1, -0.05) is 71.4 Å². The molecule has 0 saturated heterocycles. The fourth-order valence-corrected chi connectivity index (χ4v) is 5.06. The third kappa shape index (κ3) is 4.57. The first kappa shape index (κ1) is 20.8. The van der Waals surface area contributed by atoms with Crippen molar-refractivity contribution in [1.82, 2.24) is 9.13 Å². The van der Waals surface area contributed by atoms with Gasteiger partial charge >= 0.3 is 5.69 Å². The van der Waals surface area contributed by atoms with Crippen molar-refractivity contribution in [3.63, 3.8) is 0 Å². The van der Waals surface area contributed by atoms with Gasteiger partial charge in [0.1, 0.15) is 5.03 Å². The average molecular weight is 433 g/mol. The molecule has 3 nitrogen and oxygen atoms in total. The van der Waals surface area contributed by atoms with Crippen LogP contribution in [0.5, 0.6) is 0 Å². The zero-order valence-corrected chi connectivity index (χ0v) is 18.2. The molecule has 0 unspecified atom stereocenters. The van der Waals surface area contributed by atoms with Crippen molar-refractivity contribution in [3.8, 4) is 0 Å². The first-order valence-corrected chi connectivity index (χ1v) is 10.6. The molecule has 6 heteroatoms. The van der Waals surface area contributed by atoms with Gasteiger partial charge < -0.3 is 0 Å². The molecule has 1 heterocycles. The molecule has 2 aromatic carbocycles. The van der Waals surface area contributed by atoms with E-state index in [4.69, 9.17) is 23.2 Å². The number of hydrogen-bond acceptors (Lipinski definition) is 2. The molecule has 1 aromatic heterocycles. The largest absolute Gasteiger partial charge is 0.329 e. The lowest BCUT2D eigenvalue weighted by molar-refractivity contribution is 0.530. The summed E-state index contributed by atoms with van der Waals surface area (Å²) in [6.07, 6.45) is 2.41. The van der Waals surface area contributed by atoms with E-state index in [1.807, 2.05) is 48.7 Å². The predicted octanol–water partition coefficient (Wildman–Crippen LogP) is 6.47. The van der Waals surface area contributed by atoms with Gasteiger partial charge in [0, 0.05) is 33.9 Å². The molecule has 0 fully saturated rings. The van der Waals surface area contributed by atoms with Crippen LogP contribution in [0.4, 0.5) is 0 Å². The molecule has 0 bridgehead atoms. The molecular weight excluding hydrogens is 411 g/mol. The summed E-state index contributed by atoms with van der Waals surface area (Å²) in [6.45, 7) is 8.32. The van der Waals surface area contributed by atoms with Gasteiger partial charge in [0.15, 0.2) is 0 Å². The van der Waals surface area contributed by atoms with Gasteiger partial charge in [-0.15, -0.1) is 6.58 Å². The van der Waals surface area contributed by atoms with Crippen molar-refractivity contribution in [2.75, 3.05) is 0 Å². The molecule has 0 radical (unpaired) electrons. The van der Waals surface area contributed by atoms with Crippen LogP contribution in [-0.4, -0.2) is 9.13 Å². The molecule has 146 valence electrons. The summed E-state index contributed by atoms with van der Waals surface area (Å²) in [5, 5.41) is 2.05. The third-order valence-corrected chi connectivity index (χ3v) is 5.86. The summed E-state index contributed by atoms with van der Waals surface area (Å²) in [6, 6.07) is 15.6. The van der Waals surface area contributed by atoms with Crippen LogP contribution < -0.4 is 5.69 Å². The van der Waals surface area contributed by atoms with Gasteiger partial charge in [-0.3, -0.25) is 9.13 Å². The highest BCUT2D eigenvalue weighted by atomic mass is 35.5. The number of benzene rings is 2. The maximum absolute atomic E-state index is 13.2. The number of aromatic nitrogens is 2. The van der Waals surface area contributed by atoms with Crippen LogP contribution >= 0.6 is 35.0 Å². The quantitative estimate of drug-likeness (QED) is 0.400. The molecule has 3 rings (SSSR count). The number of allylic oxidation sites excluding steroid dienone is 1. The van der Waals surface area contributed by atoms with Gasteiger partial charge in [-0.2, -0.15) is 0 Å². The SMILES string of the molecule is C=CCn1c(Cc2ccccc2)c(Sc2cc(Cl)cc(Cl)c2)n(C(C)C)c1=O. The highest BCUT2D eigenvalue weighted by Gasteiger charge is 2.22. The molecule has 0 atom stereocenters. The van der Waals surface area contributed by atoms with Gasteiger partial charge in [0.05, 0.1) is 5.69 Å². The van der Waals surface area contributed by atoms with E-state index in [1.165, 1.54) is 11.8 Å². The summed E-state index contributed by atoms with van der Waals surface area (Å²) in [5.74, 6) is 0. The maximum atomic E-state index is 13.2. The first-order valence-electron chi connectivity index (χ1n) is 9.03. The van der Waals surface area contributed by atoms with Crippen molar-refractivity contribution >= 4 is 35.0 Å². The number of nitrogens with zero attached hydrogens (tertiary/aromatic N) is 2. The second kappa shape index (κ2) is 9.08. The zero-order chi connectivity index (χ0) is 20.3. The Kier molecular flexibility index (Phi) is 6.76. The van der Waals surface area contributed by atoms with Gasteiger partial charge in [-0.25, -0.2) is 4.79 Å². The Morgan fingerprint density at radius 2 is 1.75 bits per heavy atom. The molecule has 0 amide bonds. The van der Waals surface area contributed by atoms with Crippen LogP contribution in [0.3, 0.4) is 0 Å². The highest BCUT2D eigenvalue weighted by Crippen LogP contribution is 2.35. The minimum absolute atomic E-state index is 0.0187. The Hall–Kier alpha value is -1.88. The summed E-state index contributed by atoms with van der Waals surface area (Å²) >= 11 is 13.9. The van der Waals surface area contributed by atoms with Crippen LogP contribution in [0.2, 0.25) is 10.0 Å². The van der Waals surface area contributed by atoms with E-state index in [1.54, 1.807) is 16.7 Å². The number of rotatable bonds is 7. The van der Waals surface area contributed by atoms with E-state index >= 15 is 0 Å². The summed E-state index contributed by atoms with van der Waals surface area (Å²) < 4.78 is 3.63. The summed E-state index contributed by atoms with van der Waals surface area (Å²) in [5.41, 5.74) is 2.08. The van der Waals surface area contributed by atoms with Crippen molar-refractivity contribution in [1.29, 1.82) is 0 Å². The molecule has 0 aliphatic carbocycles. The van der Waals surface area contributed by atoms with Crippen LogP contribution in [0.15, 0.2) is 75.9 Å². The minimum atomic E-state index is -0.0311. The normalized spacial score (nSPS) is 11.2. The summed E-state index contributed by atoms with van der Waals surface area (Å²) in [4.78, 5) is 14.1. The lowest BCUT2D eigenvalue weighted by Gasteiger charge is -2.13. The lowest BCUT2D eigenvalue weighted by Crippen LogP contribution is -2.26. The van der Waals surface area contributed by atoms with Gasteiger partial charge in [0.25, 0.3) is 0 Å². The Balaban J connectivity index is 2.18. The molecular formula is C22H22Cl2N2OS. The van der Waals surface area contributed by atoms with E-state index < -0.39 is 0 Å². The molecule has 0 aliphatic rings. The summed E-state index contributed by atoms with van der Waals surface area (Å²) in [7, 11) is 0.